The van der Waals surface area contributed by atoms with E-state index in [0.717, 1.165) is 4.90 Å². The van der Waals surface area contributed by atoms with E-state index >= 15 is 0 Å². The number of aliphatic hydroxyl groups is 1. The van der Waals surface area contributed by atoms with Gasteiger partial charge in [-0.2, -0.15) is 5.10 Å². The van der Waals surface area contributed by atoms with E-state index in [2.05, 4.69) is 10.4 Å². The van der Waals surface area contributed by atoms with Gasteiger partial charge in [0.15, 0.2) is 5.82 Å². The summed E-state index contributed by atoms with van der Waals surface area (Å²) in [6.45, 7) is 1.60. The lowest BCUT2D eigenvalue weighted by Gasteiger charge is -2.15. The Balaban J connectivity index is 1.86. The summed E-state index contributed by atoms with van der Waals surface area (Å²) in [4.78, 5) is 13.8. The molecule has 2 N–H and O–H groups in total. The predicted molar refractivity (Wildman–Crippen MR) is 113 cm³/mol. The lowest BCUT2D eigenvalue weighted by molar-refractivity contribution is 0.102. The molecule has 0 bridgehead atoms. The molecule has 0 spiro atoms. The van der Waals surface area contributed by atoms with Crippen molar-refractivity contribution in [3.8, 4) is 17.2 Å². The Morgan fingerprint density at radius 2 is 1.90 bits per heavy atom. The number of amides is 1. The van der Waals surface area contributed by atoms with Crippen molar-refractivity contribution in [1.29, 1.82) is 0 Å². The Morgan fingerprint density at radius 3 is 2.52 bits per heavy atom. The molecular weight excluding hydrogens is 390 g/mol. The average molecular weight is 413 g/mol. The molecule has 8 heteroatoms. The van der Waals surface area contributed by atoms with Gasteiger partial charge in [0.1, 0.15) is 23.4 Å². The van der Waals surface area contributed by atoms with Crippen molar-refractivity contribution in [3.05, 3.63) is 60.3 Å². The van der Waals surface area contributed by atoms with E-state index < -0.39 is 6.10 Å². The van der Waals surface area contributed by atoms with E-state index in [-0.39, 0.29) is 12.5 Å². The number of anilines is 1. The number of rotatable bonds is 8. The highest BCUT2D eigenvalue weighted by Gasteiger charge is 2.14. The first-order chi connectivity index (χ1) is 14.0. The summed E-state index contributed by atoms with van der Waals surface area (Å²) in [5.41, 5.74) is 0.356. The SMILES string of the molecule is CSc1ccc(Oc2cc(O[C@@H](C)CO)cc(C(=O)Nc3ccn(C)n3)c2)cc1. The summed E-state index contributed by atoms with van der Waals surface area (Å²) in [5.74, 6) is 1.63. The summed E-state index contributed by atoms with van der Waals surface area (Å²) in [6, 6.07) is 14.3. The van der Waals surface area contributed by atoms with E-state index in [1.165, 1.54) is 0 Å². The summed E-state index contributed by atoms with van der Waals surface area (Å²) in [5, 5.41) is 16.2. The number of nitrogens with zero attached hydrogens (tertiary/aromatic N) is 2. The second-order valence-corrected chi connectivity index (χ2v) is 7.29. The van der Waals surface area contributed by atoms with Crippen LogP contribution >= 0.6 is 11.8 Å². The van der Waals surface area contributed by atoms with Crippen LogP contribution in [0.4, 0.5) is 5.82 Å². The zero-order chi connectivity index (χ0) is 20.8. The maximum atomic E-state index is 12.7. The maximum absolute atomic E-state index is 12.7. The van der Waals surface area contributed by atoms with Crippen LogP contribution in [-0.2, 0) is 7.05 Å². The van der Waals surface area contributed by atoms with Crippen molar-refractivity contribution in [2.45, 2.75) is 17.9 Å². The average Bonchev–Trinajstić information content (AvgIpc) is 3.12. The Hall–Kier alpha value is -2.97. The van der Waals surface area contributed by atoms with E-state index in [1.807, 2.05) is 30.5 Å². The van der Waals surface area contributed by atoms with Crippen molar-refractivity contribution in [1.82, 2.24) is 9.78 Å². The fourth-order valence-electron chi connectivity index (χ4n) is 2.55. The molecule has 2 aromatic carbocycles. The fourth-order valence-corrected chi connectivity index (χ4v) is 2.96. The molecule has 1 amide bonds. The normalized spacial score (nSPS) is 11.7. The number of ether oxygens (including phenoxy) is 2. The first-order valence-corrected chi connectivity index (χ1v) is 10.2. The van der Waals surface area contributed by atoms with Gasteiger partial charge in [-0.15, -0.1) is 11.8 Å². The van der Waals surface area contributed by atoms with Gasteiger partial charge in [-0.1, -0.05) is 0 Å². The molecule has 1 heterocycles. The third-order valence-corrected chi connectivity index (χ3v) is 4.73. The molecule has 0 radical (unpaired) electrons. The highest BCUT2D eigenvalue weighted by atomic mass is 32.2. The smallest absolute Gasteiger partial charge is 0.257 e. The lowest BCUT2D eigenvalue weighted by atomic mass is 10.2. The second-order valence-electron chi connectivity index (χ2n) is 6.41. The first-order valence-electron chi connectivity index (χ1n) is 9.02. The van der Waals surface area contributed by atoms with Crippen LogP contribution in [0.5, 0.6) is 17.2 Å². The molecule has 7 nitrogen and oxygen atoms in total. The number of nitrogens with one attached hydrogen (secondary N) is 1. The Morgan fingerprint density at radius 1 is 1.17 bits per heavy atom. The number of carbonyl (C=O) groups is 1. The topological polar surface area (TPSA) is 85.6 Å². The minimum absolute atomic E-state index is 0.142. The number of hydrogen-bond donors (Lipinski definition) is 2. The molecule has 152 valence electrons. The van der Waals surface area contributed by atoms with Crippen molar-refractivity contribution >= 4 is 23.5 Å². The summed E-state index contributed by atoms with van der Waals surface area (Å²) in [7, 11) is 1.77. The van der Waals surface area contributed by atoms with Gasteiger partial charge in [-0.25, -0.2) is 0 Å². The summed E-state index contributed by atoms with van der Waals surface area (Å²) >= 11 is 1.64. The van der Waals surface area contributed by atoms with Gasteiger partial charge < -0.3 is 19.9 Å². The summed E-state index contributed by atoms with van der Waals surface area (Å²) < 4.78 is 13.2. The molecule has 3 rings (SSSR count). The largest absolute Gasteiger partial charge is 0.488 e. The van der Waals surface area contributed by atoms with Gasteiger partial charge in [0.2, 0.25) is 0 Å². The molecule has 0 fully saturated rings. The van der Waals surface area contributed by atoms with Gasteiger partial charge in [-0.3, -0.25) is 9.48 Å². The molecule has 0 aliphatic heterocycles. The third kappa shape index (κ3) is 5.75. The molecular formula is C21H23N3O4S. The van der Waals surface area contributed by atoms with Crippen molar-refractivity contribution in [2.24, 2.45) is 7.05 Å². The molecule has 3 aromatic rings. The second kappa shape index (κ2) is 9.49. The van der Waals surface area contributed by atoms with Crippen molar-refractivity contribution in [2.75, 3.05) is 18.2 Å². The van der Waals surface area contributed by atoms with Gasteiger partial charge in [0, 0.05) is 35.8 Å². The number of thioether (sulfide) groups is 1. The number of aliphatic hydroxyl groups excluding tert-OH is 1. The zero-order valence-corrected chi connectivity index (χ0v) is 17.3. The van der Waals surface area contributed by atoms with Gasteiger partial charge in [-0.05, 0) is 49.6 Å². The Labute approximate surface area is 173 Å². The highest BCUT2D eigenvalue weighted by Crippen LogP contribution is 2.29. The van der Waals surface area contributed by atoms with Crippen LogP contribution in [0.2, 0.25) is 0 Å². The predicted octanol–water partition coefficient (Wildman–Crippen LogP) is 3.95. The third-order valence-electron chi connectivity index (χ3n) is 3.99. The number of aryl methyl sites for hydroxylation is 1. The summed E-state index contributed by atoms with van der Waals surface area (Å²) in [6.07, 6.45) is 3.33. The molecule has 1 aromatic heterocycles. The van der Waals surface area contributed by atoms with E-state index in [1.54, 1.807) is 60.9 Å². The number of benzene rings is 2. The van der Waals surface area contributed by atoms with Gasteiger partial charge >= 0.3 is 0 Å². The van der Waals surface area contributed by atoms with E-state index in [0.29, 0.717) is 28.6 Å². The lowest BCUT2D eigenvalue weighted by Crippen LogP contribution is -2.17. The van der Waals surface area contributed by atoms with Crippen LogP contribution in [0.25, 0.3) is 0 Å². The molecule has 1 atom stereocenters. The van der Waals surface area contributed by atoms with Crippen LogP contribution in [0.3, 0.4) is 0 Å². The molecule has 29 heavy (non-hydrogen) atoms. The molecule has 0 saturated heterocycles. The van der Waals surface area contributed by atoms with Crippen LogP contribution in [0.1, 0.15) is 17.3 Å². The molecule has 0 aliphatic carbocycles. The fraction of sp³-hybridized carbons (Fsp3) is 0.238. The number of hydrogen-bond acceptors (Lipinski definition) is 6. The van der Waals surface area contributed by atoms with E-state index in [9.17, 15) is 9.90 Å². The highest BCUT2D eigenvalue weighted by molar-refractivity contribution is 7.98. The Bertz CT molecular complexity index is 972. The van der Waals surface area contributed by atoms with Crippen LogP contribution in [-0.4, -0.2) is 39.8 Å². The quantitative estimate of drug-likeness (QED) is 0.544. The van der Waals surface area contributed by atoms with Gasteiger partial charge in [0.25, 0.3) is 5.91 Å². The first kappa shape index (κ1) is 20.8. The molecule has 0 unspecified atom stereocenters. The van der Waals surface area contributed by atoms with Gasteiger partial charge in [0.05, 0.1) is 6.61 Å². The van der Waals surface area contributed by atoms with E-state index in [4.69, 9.17) is 9.47 Å². The van der Waals surface area contributed by atoms with Crippen LogP contribution in [0.15, 0.2) is 59.6 Å². The van der Waals surface area contributed by atoms with Crippen molar-refractivity contribution in [3.63, 3.8) is 0 Å². The molecule has 0 saturated carbocycles. The monoisotopic (exact) mass is 413 g/mol. The Kier molecular flexibility index (Phi) is 6.79. The maximum Gasteiger partial charge on any atom is 0.257 e. The number of carbonyl (C=O) groups excluding carboxylic acids is 1. The zero-order valence-electron chi connectivity index (χ0n) is 16.5. The molecule has 0 aliphatic rings. The number of aromatic nitrogens is 2. The minimum Gasteiger partial charge on any atom is -0.488 e. The van der Waals surface area contributed by atoms with Crippen LogP contribution < -0.4 is 14.8 Å². The van der Waals surface area contributed by atoms with Crippen LogP contribution in [0, 0.1) is 0 Å². The van der Waals surface area contributed by atoms with Crippen molar-refractivity contribution < 1.29 is 19.4 Å². The minimum atomic E-state index is -0.419. The standard InChI is InChI=1S/C21H23N3O4S/c1-14(13-25)27-17-10-15(21(26)22-20-8-9-24(2)23-20)11-18(12-17)28-16-4-6-19(29-3)7-5-16/h4-12,14,25H,13H2,1-3H3,(H,22,23,26)/t14-/m0/s1.